The number of hydrogen-bond acceptors (Lipinski definition) is 7. The lowest BCUT2D eigenvalue weighted by molar-refractivity contribution is 0.0470. The summed E-state index contributed by atoms with van der Waals surface area (Å²) in [5.74, 6) is -0.133. The second-order valence-electron chi connectivity index (χ2n) is 5.76. The highest BCUT2D eigenvalue weighted by Gasteiger charge is 2.15. The Morgan fingerprint density at radius 2 is 1.78 bits per heavy atom. The predicted molar refractivity (Wildman–Crippen MR) is 104 cm³/mol. The van der Waals surface area contributed by atoms with Gasteiger partial charge in [-0.25, -0.2) is 9.78 Å². The van der Waals surface area contributed by atoms with E-state index in [1.807, 2.05) is 43.3 Å². The topological polar surface area (TPSA) is 77.5 Å². The Bertz CT molecular complexity index is 933. The molecule has 0 aliphatic heterocycles. The minimum atomic E-state index is -0.630. The van der Waals surface area contributed by atoms with Gasteiger partial charge in [0.2, 0.25) is 0 Å². The Kier molecular flexibility index (Phi) is 5.83. The fraction of sp³-hybridized carbons (Fsp3) is 0.150. The van der Waals surface area contributed by atoms with Gasteiger partial charge < -0.3 is 14.8 Å². The van der Waals surface area contributed by atoms with Crippen LogP contribution >= 0.6 is 11.3 Å². The van der Waals surface area contributed by atoms with Crippen molar-refractivity contribution in [2.24, 2.45) is 0 Å². The lowest BCUT2D eigenvalue weighted by atomic mass is 10.1. The van der Waals surface area contributed by atoms with Crippen LogP contribution in [0.2, 0.25) is 0 Å². The van der Waals surface area contributed by atoms with Gasteiger partial charge in [0, 0.05) is 16.6 Å². The first-order valence-electron chi connectivity index (χ1n) is 8.19. The molecule has 0 amide bonds. The Hall–Kier alpha value is -3.19. The smallest absolute Gasteiger partial charge is 0.358 e. The van der Waals surface area contributed by atoms with Crippen LogP contribution in [0.15, 0.2) is 53.9 Å². The van der Waals surface area contributed by atoms with Gasteiger partial charge in [-0.1, -0.05) is 29.8 Å². The van der Waals surface area contributed by atoms with Crippen molar-refractivity contribution in [1.29, 1.82) is 0 Å². The summed E-state index contributed by atoms with van der Waals surface area (Å²) in [6.45, 7) is 1.62. The highest BCUT2D eigenvalue weighted by Crippen LogP contribution is 2.23. The summed E-state index contributed by atoms with van der Waals surface area (Å²) < 4.78 is 10.2. The molecule has 0 saturated heterocycles. The number of rotatable bonds is 7. The van der Waals surface area contributed by atoms with Crippen LogP contribution in [0.5, 0.6) is 5.75 Å². The van der Waals surface area contributed by atoms with Crippen molar-refractivity contribution in [1.82, 2.24) is 4.98 Å². The van der Waals surface area contributed by atoms with Gasteiger partial charge in [-0.3, -0.25) is 4.79 Å². The number of anilines is 2. The van der Waals surface area contributed by atoms with Crippen LogP contribution < -0.4 is 10.1 Å². The molecule has 0 atom stereocenters. The van der Waals surface area contributed by atoms with E-state index in [-0.39, 0.29) is 18.1 Å². The Balaban J connectivity index is 1.56. The fourth-order valence-electron chi connectivity index (χ4n) is 2.25. The molecule has 0 saturated carbocycles. The maximum atomic E-state index is 12.1. The van der Waals surface area contributed by atoms with Crippen molar-refractivity contribution in [3.8, 4) is 5.75 Å². The minimum absolute atomic E-state index is 0.160. The lowest BCUT2D eigenvalue weighted by Crippen LogP contribution is -2.14. The van der Waals surface area contributed by atoms with Gasteiger partial charge in [-0.2, -0.15) is 0 Å². The summed E-state index contributed by atoms with van der Waals surface area (Å²) in [5.41, 5.74) is 2.55. The Morgan fingerprint density at radius 1 is 1.07 bits per heavy atom. The maximum absolute atomic E-state index is 12.1. The molecule has 7 heteroatoms. The molecule has 1 N–H and O–H groups in total. The van der Waals surface area contributed by atoms with Crippen molar-refractivity contribution >= 4 is 33.9 Å². The van der Waals surface area contributed by atoms with E-state index in [0.29, 0.717) is 10.7 Å². The molecule has 27 heavy (non-hydrogen) atoms. The number of nitrogens with zero attached hydrogens (tertiary/aromatic N) is 1. The second-order valence-corrected chi connectivity index (χ2v) is 6.61. The number of esters is 1. The summed E-state index contributed by atoms with van der Waals surface area (Å²) in [7, 11) is 1.60. The number of thiazole rings is 1. The summed E-state index contributed by atoms with van der Waals surface area (Å²) in [5, 5.41) is 5.24. The van der Waals surface area contributed by atoms with Crippen molar-refractivity contribution < 1.29 is 19.1 Å². The highest BCUT2D eigenvalue weighted by atomic mass is 32.1. The molecule has 0 spiro atoms. The van der Waals surface area contributed by atoms with E-state index in [1.54, 1.807) is 24.6 Å². The number of hydrogen-bond donors (Lipinski definition) is 1. The molecule has 3 rings (SSSR count). The fourth-order valence-corrected chi connectivity index (χ4v) is 2.95. The van der Waals surface area contributed by atoms with Gasteiger partial charge in [0.05, 0.1) is 7.11 Å². The average molecular weight is 382 g/mol. The standard InChI is InChI=1S/C20H18N2O4S/c1-13-3-5-14(6-4-13)18(23)11-26-19(24)17-12-27-20(22-17)21-15-7-9-16(25-2)10-8-15/h3-10,12H,11H2,1-2H3,(H,21,22). The first-order chi connectivity index (χ1) is 13.0. The first kappa shape index (κ1) is 18.6. The third-order valence-corrected chi connectivity index (χ3v) is 4.52. The van der Waals surface area contributed by atoms with Crippen molar-refractivity contribution in [2.45, 2.75) is 6.92 Å². The number of ketones is 1. The van der Waals surface area contributed by atoms with E-state index < -0.39 is 5.97 Å². The van der Waals surface area contributed by atoms with Crippen LogP contribution in [0.1, 0.15) is 26.4 Å². The minimum Gasteiger partial charge on any atom is -0.497 e. The van der Waals surface area contributed by atoms with Gasteiger partial charge in [0.1, 0.15) is 5.75 Å². The van der Waals surface area contributed by atoms with E-state index in [0.717, 1.165) is 17.0 Å². The molecule has 0 fully saturated rings. The van der Waals surface area contributed by atoms with Crippen LogP contribution in [0.25, 0.3) is 0 Å². The monoisotopic (exact) mass is 382 g/mol. The van der Waals surface area contributed by atoms with Crippen molar-refractivity contribution in [3.63, 3.8) is 0 Å². The Labute approximate surface area is 160 Å². The molecule has 2 aromatic carbocycles. The molecule has 0 aliphatic rings. The molecule has 6 nitrogen and oxygen atoms in total. The quantitative estimate of drug-likeness (QED) is 0.486. The average Bonchev–Trinajstić information content (AvgIpc) is 3.15. The van der Waals surface area contributed by atoms with Crippen molar-refractivity contribution in [3.05, 3.63) is 70.7 Å². The van der Waals surface area contributed by atoms with E-state index >= 15 is 0 Å². The number of Topliss-reactive ketones (excluding diaryl/α,β-unsaturated/α-hetero) is 1. The molecular weight excluding hydrogens is 364 g/mol. The van der Waals surface area contributed by atoms with Crippen LogP contribution in [-0.4, -0.2) is 30.5 Å². The number of nitrogens with one attached hydrogen (secondary N) is 1. The lowest BCUT2D eigenvalue weighted by Gasteiger charge is -2.04. The van der Waals surface area contributed by atoms with Gasteiger partial charge >= 0.3 is 5.97 Å². The third kappa shape index (κ3) is 4.92. The summed E-state index contributed by atoms with van der Waals surface area (Å²) in [6, 6.07) is 14.4. The number of carbonyl (C=O) groups is 2. The van der Waals surface area contributed by atoms with Gasteiger partial charge in [-0.15, -0.1) is 11.3 Å². The molecule has 0 unspecified atom stereocenters. The van der Waals surface area contributed by atoms with Crippen LogP contribution in [-0.2, 0) is 4.74 Å². The summed E-state index contributed by atoms with van der Waals surface area (Å²) in [6.07, 6.45) is 0. The number of aryl methyl sites for hydroxylation is 1. The van der Waals surface area contributed by atoms with Crippen LogP contribution in [0, 0.1) is 6.92 Å². The maximum Gasteiger partial charge on any atom is 0.358 e. The Morgan fingerprint density at radius 3 is 2.44 bits per heavy atom. The van der Waals surface area contributed by atoms with Gasteiger partial charge in [-0.05, 0) is 31.2 Å². The summed E-state index contributed by atoms with van der Waals surface area (Å²) in [4.78, 5) is 28.4. The molecule has 138 valence electrons. The number of aromatic nitrogens is 1. The number of benzene rings is 2. The van der Waals surface area contributed by atoms with E-state index in [4.69, 9.17) is 9.47 Å². The zero-order chi connectivity index (χ0) is 19.2. The first-order valence-corrected chi connectivity index (χ1v) is 9.07. The number of methoxy groups -OCH3 is 1. The van der Waals surface area contributed by atoms with Crippen molar-refractivity contribution in [2.75, 3.05) is 19.0 Å². The molecular formula is C20H18N2O4S. The molecule has 3 aromatic rings. The van der Waals surface area contributed by atoms with Crippen LogP contribution in [0.4, 0.5) is 10.8 Å². The van der Waals surface area contributed by atoms with Crippen LogP contribution in [0.3, 0.4) is 0 Å². The SMILES string of the molecule is COc1ccc(Nc2nc(C(=O)OCC(=O)c3ccc(C)cc3)cs2)cc1. The zero-order valence-corrected chi connectivity index (χ0v) is 15.7. The number of ether oxygens (including phenoxy) is 2. The number of carbonyl (C=O) groups excluding carboxylic acids is 2. The molecule has 0 radical (unpaired) electrons. The second kappa shape index (κ2) is 8.46. The van der Waals surface area contributed by atoms with E-state index in [1.165, 1.54) is 11.3 Å². The van der Waals surface area contributed by atoms with E-state index in [9.17, 15) is 9.59 Å². The molecule has 0 bridgehead atoms. The third-order valence-electron chi connectivity index (χ3n) is 3.76. The molecule has 1 heterocycles. The predicted octanol–water partition coefficient (Wildman–Crippen LogP) is 4.24. The largest absolute Gasteiger partial charge is 0.497 e. The zero-order valence-electron chi connectivity index (χ0n) is 14.9. The molecule has 1 aromatic heterocycles. The normalized spacial score (nSPS) is 10.3. The van der Waals surface area contributed by atoms with E-state index in [2.05, 4.69) is 10.3 Å². The highest BCUT2D eigenvalue weighted by molar-refractivity contribution is 7.14. The van der Waals surface area contributed by atoms with Gasteiger partial charge in [0.25, 0.3) is 0 Å². The van der Waals surface area contributed by atoms with Gasteiger partial charge in [0.15, 0.2) is 23.2 Å². The summed E-state index contributed by atoms with van der Waals surface area (Å²) >= 11 is 1.28. The molecule has 0 aliphatic carbocycles.